The molecule has 2 saturated carbocycles. The average Bonchev–Trinajstić information content (AvgIpc) is 2.85. The van der Waals surface area contributed by atoms with Gasteiger partial charge in [-0.05, 0) is 55.3 Å². The summed E-state index contributed by atoms with van der Waals surface area (Å²) in [6.45, 7) is 4.40. The minimum Gasteiger partial charge on any atom is -0.316 e. The largest absolute Gasteiger partial charge is 0.316 e. The summed E-state index contributed by atoms with van der Waals surface area (Å²) in [5, 5.41) is 3.58. The number of hydrogen-bond donors (Lipinski definition) is 1. The van der Waals surface area contributed by atoms with Crippen LogP contribution in [0.15, 0.2) is 24.5 Å². The number of aromatic nitrogens is 1. The average molecular weight is 244 g/mol. The van der Waals surface area contributed by atoms with E-state index in [2.05, 4.69) is 29.4 Å². The zero-order chi connectivity index (χ0) is 12.5. The molecule has 0 amide bonds. The van der Waals surface area contributed by atoms with Gasteiger partial charge in [0.05, 0.1) is 0 Å². The van der Waals surface area contributed by atoms with Crippen LogP contribution in [0, 0.1) is 5.41 Å². The molecular weight excluding hydrogens is 220 g/mol. The Labute approximate surface area is 110 Å². The van der Waals surface area contributed by atoms with Crippen molar-refractivity contribution in [3.05, 3.63) is 30.1 Å². The Balaban J connectivity index is 1.79. The summed E-state index contributed by atoms with van der Waals surface area (Å²) < 4.78 is 0. The number of rotatable bonds is 4. The van der Waals surface area contributed by atoms with Crippen molar-refractivity contribution in [2.24, 2.45) is 5.41 Å². The number of hydrogen-bond acceptors (Lipinski definition) is 2. The van der Waals surface area contributed by atoms with E-state index in [4.69, 9.17) is 0 Å². The van der Waals surface area contributed by atoms with Crippen LogP contribution in [-0.4, -0.2) is 18.1 Å². The van der Waals surface area contributed by atoms with Gasteiger partial charge < -0.3 is 5.32 Å². The SMILES string of the molecule is CCNCC1(c2ccncc2)CC2(CCCC2)C1. The van der Waals surface area contributed by atoms with Crippen LogP contribution in [-0.2, 0) is 5.41 Å². The highest BCUT2D eigenvalue weighted by molar-refractivity contribution is 5.30. The van der Waals surface area contributed by atoms with Gasteiger partial charge in [0.2, 0.25) is 0 Å². The van der Waals surface area contributed by atoms with Crippen molar-refractivity contribution in [1.82, 2.24) is 10.3 Å². The van der Waals surface area contributed by atoms with E-state index in [0.29, 0.717) is 10.8 Å². The van der Waals surface area contributed by atoms with Crippen molar-refractivity contribution in [1.29, 1.82) is 0 Å². The molecule has 0 aliphatic heterocycles. The van der Waals surface area contributed by atoms with Gasteiger partial charge >= 0.3 is 0 Å². The molecule has 2 fully saturated rings. The zero-order valence-electron chi connectivity index (χ0n) is 11.4. The van der Waals surface area contributed by atoms with Crippen LogP contribution < -0.4 is 5.32 Å². The molecular formula is C16H24N2. The fourth-order valence-corrected chi connectivity index (χ4v) is 4.36. The van der Waals surface area contributed by atoms with Crippen molar-refractivity contribution in [2.75, 3.05) is 13.1 Å². The smallest absolute Gasteiger partial charge is 0.0270 e. The highest BCUT2D eigenvalue weighted by Gasteiger charge is 2.55. The first-order valence-electron chi connectivity index (χ1n) is 7.40. The minimum absolute atomic E-state index is 0.392. The lowest BCUT2D eigenvalue weighted by molar-refractivity contribution is 0.0273. The molecule has 2 heteroatoms. The van der Waals surface area contributed by atoms with E-state index >= 15 is 0 Å². The van der Waals surface area contributed by atoms with Gasteiger partial charge in [-0.15, -0.1) is 0 Å². The Hall–Kier alpha value is -0.890. The molecule has 2 aliphatic carbocycles. The molecule has 1 aromatic heterocycles. The van der Waals surface area contributed by atoms with E-state index in [1.165, 1.54) is 44.1 Å². The third kappa shape index (κ3) is 1.97. The Morgan fingerprint density at radius 1 is 1.17 bits per heavy atom. The second-order valence-corrected chi connectivity index (χ2v) is 6.36. The predicted molar refractivity (Wildman–Crippen MR) is 74.6 cm³/mol. The lowest BCUT2D eigenvalue weighted by Crippen LogP contribution is -2.53. The van der Waals surface area contributed by atoms with Crippen molar-refractivity contribution in [3.63, 3.8) is 0 Å². The van der Waals surface area contributed by atoms with E-state index in [-0.39, 0.29) is 0 Å². The van der Waals surface area contributed by atoms with E-state index in [9.17, 15) is 0 Å². The molecule has 0 aromatic carbocycles. The Morgan fingerprint density at radius 2 is 1.83 bits per heavy atom. The van der Waals surface area contributed by atoms with Crippen LogP contribution in [0.2, 0.25) is 0 Å². The lowest BCUT2D eigenvalue weighted by atomic mass is 9.49. The van der Waals surface area contributed by atoms with E-state index in [1.807, 2.05) is 12.4 Å². The van der Waals surface area contributed by atoms with Crippen molar-refractivity contribution >= 4 is 0 Å². The topological polar surface area (TPSA) is 24.9 Å². The molecule has 0 bridgehead atoms. The molecule has 0 unspecified atom stereocenters. The molecule has 0 radical (unpaired) electrons. The van der Waals surface area contributed by atoms with Gasteiger partial charge in [-0.3, -0.25) is 4.98 Å². The van der Waals surface area contributed by atoms with Gasteiger partial charge in [-0.2, -0.15) is 0 Å². The second kappa shape index (κ2) is 4.65. The molecule has 3 rings (SSSR count). The third-order valence-electron chi connectivity index (χ3n) is 5.10. The highest BCUT2D eigenvalue weighted by Crippen LogP contribution is 2.62. The summed E-state index contributed by atoms with van der Waals surface area (Å²) in [5.41, 5.74) is 2.58. The predicted octanol–water partition coefficient (Wildman–Crippen LogP) is 3.28. The van der Waals surface area contributed by atoms with Gasteiger partial charge in [0, 0.05) is 24.4 Å². The van der Waals surface area contributed by atoms with Crippen molar-refractivity contribution in [2.45, 2.75) is 50.9 Å². The standard InChI is InChI=1S/C16H24N2/c1-2-17-13-16(14-5-9-18-10-6-14)11-15(12-16)7-3-4-8-15/h5-6,9-10,17H,2-4,7-8,11-13H2,1H3. The maximum Gasteiger partial charge on any atom is 0.0270 e. The van der Waals surface area contributed by atoms with Gasteiger partial charge in [0.1, 0.15) is 0 Å². The molecule has 1 spiro atoms. The maximum absolute atomic E-state index is 4.17. The van der Waals surface area contributed by atoms with Gasteiger partial charge in [-0.25, -0.2) is 0 Å². The van der Waals surface area contributed by atoms with Crippen LogP contribution in [0.5, 0.6) is 0 Å². The number of nitrogens with one attached hydrogen (secondary N) is 1. The first-order chi connectivity index (χ1) is 8.79. The van der Waals surface area contributed by atoms with E-state index in [0.717, 1.165) is 13.1 Å². The monoisotopic (exact) mass is 244 g/mol. The van der Waals surface area contributed by atoms with Crippen LogP contribution in [0.4, 0.5) is 0 Å². The Bertz CT molecular complexity index is 385. The summed E-state index contributed by atoms with van der Waals surface area (Å²) in [4.78, 5) is 4.17. The maximum atomic E-state index is 4.17. The van der Waals surface area contributed by atoms with Gasteiger partial charge in [-0.1, -0.05) is 19.8 Å². The number of pyridine rings is 1. The molecule has 98 valence electrons. The summed E-state index contributed by atoms with van der Waals surface area (Å²) in [7, 11) is 0. The van der Waals surface area contributed by atoms with Crippen LogP contribution in [0.25, 0.3) is 0 Å². The quantitative estimate of drug-likeness (QED) is 0.879. The molecule has 0 saturated heterocycles. The fourth-order valence-electron chi connectivity index (χ4n) is 4.36. The number of nitrogens with zero attached hydrogens (tertiary/aromatic N) is 1. The van der Waals surface area contributed by atoms with Crippen LogP contribution in [0.1, 0.15) is 51.0 Å². The molecule has 1 N–H and O–H groups in total. The Kier molecular flexibility index (Phi) is 3.14. The highest BCUT2D eigenvalue weighted by atomic mass is 14.9. The van der Waals surface area contributed by atoms with Gasteiger partial charge in [0.15, 0.2) is 0 Å². The molecule has 1 aromatic rings. The molecule has 18 heavy (non-hydrogen) atoms. The normalized spacial score (nSPS) is 24.1. The summed E-state index contributed by atoms with van der Waals surface area (Å²) in [6.07, 6.45) is 12.5. The summed E-state index contributed by atoms with van der Waals surface area (Å²) in [5.74, 6) is 0. The number of likely N-dealkylation sites (N-methyl/N-ethyl adjacent to an activating group) is 1. The minimum atomic E-state index is 0.392. The summed E-state index contributed by atoms with van der Waals surface area (Å²) in [6, 6.07) is 4.44. The first-order valence-corrected chi connectivity index (χ1v) is 7.40. The Morgan fingerprint density at radius 3 is 2.44 bits per heavy atom. The second-order valence-electron chi connectivity index (χ2n) is 6.36. The van der Waals surface area contributed by atoms with Crippen molar-refractivity contribution < 1.29 is 0 Å². The molecule has 1 heterocycles. The van der Waals surface area contributed by atoms with Crippen LogP contribution >= 0.6 is 0 Å². The van der Waals surface area contributed by atoms with Gasteiger partial charge in [0.25, 0.3) is 0 Å². The molecule has 2 nitrogen and oxygen atoms in total. The van der Waals surface area contributed by atoms with Crippen molar-refractivity contribution in [3.8, 4) is 0 Å². The molecule has 2 aliphatic rings. The lowest BCUT2D eigenvalue weighted by Gasteiger charge is -2.56. The first kappa shape index (κ1) is 12.2. The van der Waals surface area contributed by atoms with E-state index in [1.54, 1.807) is 0 Å². The zero-order valence-corrected chi connectivity index (χ0v) is 11.4. The summed E-state index contributed by atoms with van der Waals surface area (Å²) >= 11 is 0. The van der Waals surface area contributed by atoms with Crippen LogP contribution in [0.3, 0.4) is 0 Å². The fraction of sp³-hybridized carbons (Fsp3) is 0.688. The molecule has 0 atom stereocenters. The van der Waals surface area contributed by atoms with E-state index < -0.39 is 0 Å². The third-order valence-corrected chi connectivity index (χ3v) is 5.10.